The predicted octanol–water partition coefficient (Wildman–Crippen LogP) is 4.35. The largest absolute Gasteiger partial charge is 0.469 e. The van der Waals surface area contributed by atoms with Crippen LogP contribution in [0.5, 0.6) is 0 Å². The summed E-state index contributed by atoms with van der Waals surface area (Å²) in [6, 6.07) is 9.99. The molecule has 5 rings (SSSR count). The van der Waals surface area contributed by atoms with E-state index in [0.29, 0.717) is 27.5 Å². The van der Waals surface area contributed by atoms with E-state index in [4.69, 9.17) is 9.73 Å². The molecule has 0 aliphatic carbocycles. The Balaban J connectivity index is 1.68. The van der Waals surface area contributed by atoms with Gasteiger partial charge in [0.05, 0.1) is 23.4 Å². The van der Waals surface area contributed by atoms with Crippen molar-refractivity contribution in [3.8, 4) is 5.69 Å². The van der Waals surface area contributed by atoms with Crippen LogP contribution in [-0.4, -0.2) is 68.8 Å². The van der Waals surface area contributed by atoms with E-state index in [1.165, 1.54) is 25.3 Å². The van der Waals surface area contributed by atoms with Crippen molar-refractivity contribution in [3.05, 3.63) is 75.3 Å². The third-order valence-corrected chi connectivity index (χ3v) is 8.12. The second-order valence-corrected chi connectivity index (χ2v) is 10.6. The fraction of sp³-hybridized carbons (Fsp3) is 0.385. The molecule has 2 aromatic carbocycles. The molecule has 0 unspecified atom stereocenters. The first-order valence-electron chi connectivity index (χ1n) is 12.3. The highest BCUT2D eigenvalue weighted by Gasteiger charge is 2.32. The fourth-order valence-corrected chi connectivity index (χ4v) is 5.91. The van der Waals surface area contributed by atoms with E-state index in [0.717, 1.165) is 25.9 Å². The second-order valence-electron chi connectivity index (χ2n) is 9.34. The minimum absolute atomic E-state index is 0.0655. The van der Waals surface area contributed by atoms with E-state index < -0.39 is 22.8 Å². The molecule has 0 amide bonds. The minimum atomic E-state index is -0.658. The van der Waals surface area contributed by atoms with E-state index in [-0.39, 0.29) is 29.8 Å². The first-order valence-corrected chi connectivity index (χ1v) is 13.2. The Morgan fingerprint density at radius 2 is 1.95 bits per heavy atom. The summed E-state index contributed by atoms with van der Waals surface area (Å²) < 4.78 is 21.8. The molecule has 0 bridgehead atoms. The lowest BCUT2D eigenvalue weighted by Crippen LogP contribution is -2.31. The van der Waals surface area contributed by atoms with Crippen LogP contribution < -0.4 is 0 Å². The number of ether oxygens (including phenoxy) is 1. The number of aliphatic imine (C=N–C) groups is 1. The molecule has 2 aliphatic heterocycles. The fourth-order valence-electron chi connectivity index (χ4n) is 4.78. The molecule has 3 aromatic rings. The van der Waals surface area contributed by atoms with Gasteiger partial charge in [0.2, 0.25) is 0 Å². The Morgan fingerprint density at radius 1 is 1.18 bits per heavy atom. The molecule has 1 fully saturated rings. The minimum Gasteiger partial charge on any atom is -0.469 e. The van der Waals surface area contributed by atoms with Crippen molar-refractivity contribution in [2.45, 2.75) is 42.1 Å². The zero-order chi connectivity index (χ0) is 26.8. The van der Waals surface area contributed by atoms with Crippen LogP contribution in [0.1, 0.15) is 48.7 Å². The summed E-state index contributed by atoms with van der Waals surface area (Å²) in [7, 11) is 3.41. The van der Waals surface area contributed by atoms with Crippen LogP contribution in [0.2, 0.25) is 0 Å². The highest BCUT2D eigenvalue weighted by atomic mass is 32.2. The zero-order valence-electron chi connectivity index (χ0n) is 21.0. The van der Waals surface area contributed by atoms with Gasteiger partial charge in [-0.3, -0.25) is 24.5 Å². The molecular formula is C26H27FN6O4S. The first kappa shape index (κ1) is 26.0. The van der Waals surface area contributed by atoms with E-state index in [9.17, 15) is 14.9 Å². The number of methoxy groups -OCH3 is 1. The molecule has 1 saturated heterocycles. The predicted molar refractivity (Wildman–Crippen MR) is 140 cm³/mol. The summed E-state index contributed by atoms with van der Waals surface area (Å²) in [6.07, 6.45) is 2.28. The average molecular weight is 539 g/mol. The number of nitro benzene ring substituents is 1. The number of carbonyl (C=O) groups excluding carboxylic acids is 1. The number of nitrogens with zero attached hydrogens (tertiary/aromatic N) is 6. The quantitative estimate of drug-likeness (QED) is 0.248. The number of carbonyl (C=O) groups is 1. The highest BCUT2D eigenvalue weighted by molar-refractivity contribution is 7.99. The molecule has 3 heterocycles. The number of likely N-dealkylation sites (tertiary alicyclic amines) is 1. The van der Waals surface area contributed by atoms with Gasteiger partial charge in [0, 0.05) is 34.9 Å². The number of hydrogen-bond acceptors (Lipinski definition) is 9. The van der Waals surface area contributed by atoms with Crippen molar-refractivity contribution in [2.24, 2.45) is 4.99 Å². The molecule has 38 heavy (non-hydrogen) atoms. The van der Waals surface area contributed by atoms with Gasteiger partial charge in [-0.2, -0.15) is 0 Å². The van der Waals surface area contributed by atoms with Crippen LogP contribution in [0.25, 0.3) is 5.69 Å². The molecule has 2 aliphatic rings. The van der Waals surface area contributed by atoms with E-state index in [2.05, 4.69) is 22.1 Å². The van der Waals surface area contributed by atoms with Crippen molar-refractivity contribution >= 4 is 29.1 Å². The Labute approximate surface area is 223 Å². The molecule has 0 spiro atoms. The summed E-state index contributed by atoms with van der Waals surface area (Å²) >= 11 is 1.61. The van der Waals surface area contributed by atoms with Gasteiger partial charge in [-0.1, -0.05) is 23.9 Å². The number of thioether (sulfide) groups is 1. The van der Waals surface area contributed by atoms with Gasteiger partial charge < -0.3 is 9.64 Å². The van der Waals surface area contributed by atoms with Crippen LogP contribution >= 0.6 is 11.8 Å². The van der Waals surface area contributed by atoms with Gasteiger partial charge in [0.15, 0.2) is 11.0 Å². The number of rotatable bonds is 7. The normalized spacial score (nSPS) is 17.8. The van der Waals surface area contributed by atoms with Gasteiger partial charge in [-0.05, 0) is 57.6 Å². The first-order chi connectivity index (χ1) is 18.4. The maximum Gasteiger partial charge on any atom is 0.305 e. The molecule has 0 saturated carbocycles. The molecule has 1 aromatic heterocycles. The Bertz CT molecular complexity index is 1400. The molecule has 1 atom stereocenters. The van der Waals surface area contributed by atoms with E-state index in [1.54, 1.807) is 36.0 Å². The molecule has 0 radical (unpaired) electrons. The third kappa shape index (κ3) is 5.18. The summed E-state index contributed by atoms with van der Waals surface area (Å²) in [4.78, 5) is 30.4. The summed E-state index contributed by atoms with van der Waals surface area (Å²) in [5, 5.41) is 21.6. The van der Waals surface area contributed by atoms with Crippen LogP contribution in [0.3, 0.4) is 0 Å². The average Bonchev–Trinajstić information content (AvgIpc) is 3.27. The number of fused-ring (bicyclic) bond motifs is 3. The number of halogens is 1. The number of non-ortho nitro benzene ring substituents is 1. The Hall–Kier alpha value is -3.64. The third-order valence-electron chi connectivity index (χ3n) is 6.84. The summed E-state index contributed by atoms with van der Waals surface area (Å²) in [5.74, 6) is -0.420. The van der Waals surface area contributed by atoms with Crippen molar-refractivity contribution in [1.29, 1.82) is 0 Å². The molecule has 10 nitrogen and oxygen atoms in total. The van der Waals surface area contributed by atoms with Crippen LogP contribution in [0.4, 0.5) is 10.1 Å². The van der Waals surface area contributed by atoms with Crippen molar-refractivity contribution in [3.63, 3.8) is 0 Å². The Morgan fingerprint density at radius 3 is 2.66 bits per heavy atom. The number of aromatic nitrogens is 3. The topological polar surface area (TPSA) is 116 Å². The van der Waals surface area contributed by atoms with E-state index in [1.807, 2.05) is 4.57 Å². The maximum atomic E-state index is 15.1. The zero-order valence-corrected chi connectivity index (χ0v) is 21.9. The second kappa shape index (κ2) is 11.0. The van der Waals surface area contributed by atoms with Crippen molar-refractivity contribution in [1.82, 2.24) is 19.7 Å². The maximum absolute atomic E-state index is 15.1. The number of hydrogen-bond donors (Lipinski definition) is 0. The van der Waals surface area contributed by atoms with Gasteiger partial charge in [0.1, 0.15) is 11.9 Å². The standard InChI is InChI=1S/C26H27FN6O4S/c1-31-13-11-17(12-14-31)38-26-30-29-25-21(8-10-23(34)37-2)28-24(18-5-3-4-6-20(18)27)19-15-16(33(35)36)7-9-22(19)32(25)26/h3-7,9,15,17,21H,8,10-14H2,1-2H3/t21-/m0/s1. The molecular weight excluding hydrogens is 511 g/mol. The van der Waals surface area contributed by atoms with Crippen LogP contribution in [0, 0.1) is 15.9 Å². The van der Waals surface area contributed by atoms with Crippen molar-refractivity contribution in [2.75, 3.05) is 27.2 Å². The smallest absolute Gasteiger partial charge is 0.305 e. The Kier molecular flexibility index (Phi) is 7.52. The van der Waals surface area contributed by atoms with Gasteiger partial charge in [0.25, 0.3) is 5.69 Å². The highest BCUT2D eigenvalue weighted by Crippen LogP contribution is 2.39. The lowest BCUT2D eigenvalue weighted by molar-refractivity contribution is -0.384. The lowest BCUT2D eigenvalue weighted by atomic mass is 9.99. The number of benzene rings is 2. The number of piperidine rings is 1. The van der Waals surface area contributed by atoms with E-state index >= 15 is 4.39 Å². The van der Waals surface area contributed by atoms with Crippen LogP contribution in [-0.2, 0) is 9.53 Å². The lowest BCUT2D eigenvalue weighted by Gasteiger charge is -2.28. The molecule has 0 N–H and O–H groups in total. The van der Waals surface area contributed by atoms with Gasteiger partial charge in [-0.25, -0.2) is 4.39 Å². The van der Waals surface area contributed by atoms with Gasteiger partial charge in [-0.15, -0.1) is 10.2 Å². The summed E-state index contributed by atoms with van der Waals surface area (Å²) in [6.45, 7) is 1.95. The number of esters is 1. The summed E-state index contributed by atoms with van der Waals surface area (Å²) in [5.41, 5.74) is 1.31. The monoisotopic (exact) mass is 538 g/mol. The SMILES string of the molecule is COC(=O)CC[C@@H]1N=C(c2ccccc2F)c2cc([N+](=O)[O-])ccc2-n2c(SC3CCN(C)CC3)nnc21. The number of nitro groups is 1. The molecule has 12 heteroatoms. The van der Waals surface area contributed by atoms with Gasteiger partial charge >= 0.3 is 5.97 Å². The molecule has 198 valence electrons. The van der Waals surface area contributed by atoms with Crippen LogP contribution in [0.15, 0.2) is 52.6 Å². The van der Waals surface area contributed by atoms with Crippen molar-refractivity contribution < 1.29 is 18.8 Å².